The molecule has 2 heterocycles. The monoisotopic (exact) mass is 429 g/mol. The smallest absolute Gasteiger partial charge is 0.227 e. The molecule has 1 aliphatic rings. The molecule has 1 atom stereocenters. The Bertz CT molecular complexity index is 1020. The van der Waals surface area contributed by atoms with Crippen LogP contribution < -0.4 is 10.1 Å². The van der Waals surface area contributed by atoms with Gasteiger partial charge in [0.25, 0.3) is 0 Å². The Hall–Kier alpha value is -3.18. The van der Waals surface area contributed by atoms with Gasteiger partial charge in [-0.3, -0.25) is 14.7 Å². The van der Waals surface area contributed by atoms with Gasteiger partial charge < -0.3 is 10.1 Å². The van der Waals surface area contributed by atoms with Crippen molar-refractivity contribution in [3.8, 4) is 16.9 Å². The molecule has 5 heteroatoms. The van der Waals surface area contributed by atoms with Crippen LogP contribution in [0.1, 0.15) is 24.0 Å². The van der Waals surface area contributed by atoms with E-state index in [1.54, 1.807) is 14.2 Å². The maximum atomic E-state index is 13.1. The number of carbonyl (C=O) groups excluding carboxylic acids is 1. The van der Waals surface area contributed by atoms with Gasteiger partial charge in [0.1, 0.15) is 5.75 Å². The second-order valence-corrected chi connectivity index (χ2v) is 8.63. The number of hydrogen-bond donors (Lipinski definition) is 1. The fourth-order valence-corrected chi connectivity index (χ4v) is 4.77. The standard InChI is InChI=1S/C27H31N3O2/c1-28-26(31)27(14-3-17-30(20-27)19-22-12-15-29-16-13-22)18-21-4-6-23(7-5-21)24-8-10-25(32-2)11-9-24/h4-13,15-16H,3,14,17-20H2,1-2H3,(H,28,31)/t27-/m0/s1. The molecule has 0 bridgehead atoms. The van der Waals surface area contributed by atoms with Gasteiger partial charge in [0.15, 0.2) is 0 Å². The van der Waals surface area contributed by atoms with Crippen molar-refractivity contribution in [1.82, 2.24) is 15.2 Å². The molecule has 1 fully saturated rings. The Kier molecular flexibility index (Phi) is 6.86. The fourth-order valence-electron chi connectivity index (χ4n) is 4.77. The summed E-state index contributed by atoms with van der Waals surface area (Å²) in [5.74, 6) is 0.989. The topological polar surface area (TPSA) is 54.5 Å². The van der Waals surface area contributed by atoms with Crippen molar-refractivity contribution in [2.45, 2.75) is 25.8 Å². The molecular formula is C27H31N3O2. The molecule has 0 aliphatic carbocycles. The van der Waals surface area contributed by atoms with E-state index in [1.807, 2.05) is 36.7 Å². The number of nitrogens with zero attached hydrogens (tertiary/aromatic N) is 2. The Morgan fingerprint density at radius 1 is 1.00 bits per heavy atom. The third kappa shape index (κ3) is 5.00. The van der Waals surface area contributed by atoms with Crippen molar-refractivity contribution in [3.63, 3.8) is 0 Å². The number of likely N-dealkylation sites (tertiary alicyclic amines) is 1. The number of rotatable bonds is 7. The summed E-state index contributed by atoms with van der Waals surface area (Å²) in [5.41, 5.74) is 4.32. The molecule has 1 amide bonds. The van der Waals surface area contributed by atoms with Gasteiger partial charge in [0, 0.05) is 32.5 Å². The molecule has 0 radical (unpaired) electrons. The first kappa shape index (κ1) is 22.0. The van der Waals surface area contributed by atoms with Gasteiger partial charge in [-0.05, 0) is 72.3 Å². The third-order valence-electron chi connectivity index (χ3n) is 6.44. The van der Waals surface area contributed by atoms with E-state index in [0.29, 0.717) is 0 Å². The normalized spacial score (nSPS) is 18.8. The first-order chi connectivity index (χ1) is 15.6. The number of carbonyl (C=O) groups is 1. The van der Waals surface area contributed by atoms with Crippen molar-refractivity contribution in [2.75, 3.05) is 27.2 Å². The molecule has 0 spiro atoms. The van der Waals surface area contributed by atoms with E-state index in [2.05, 4.69) is 51.6 Å². The van der Waals surface area contributed by atoms with Crippen molar-refractivity contribution in [2.24, 2.45) is 5.41 Å². The van der Waals surface area contributed by atoms with Crippen LogP contribution in [0.4, 0.5) is 0 Å². The number of nitrogens with one attached hydrogen (secondary N) is 1. The predicted octanol–water partition coefficient (Wildman–Crippen LogP) is 4.33. The minimum absolute atomic E-state index is 0.135. The van der Waals surface area contributed by atoms with E-state index in [-0.39, 0.29) is 5.91 Å². The molecule has 166 valence electrons. The van der Waals surface area contributed by atoms with Gasteiger partial charge in [0.2, 0.25) is 5.91 Å². The first-order valence-corrected chi connectivity index (χ1v) is 11.2. The Balaban J connectivity index is 1.51. The lowest BCUT2D eigenvalue weighted by Crippen LogP contribution is -2.52. The minimum atomic E-state index is -0.415. The average molecular weight is 430 g/mol. The van der Waals surface area contributed by atoms with Gasteiger partial charge in [-0.25, -0.2) is 0 Å². The average Bonchev–Trinajstić information content (AvgIpc) is 2.85. The molecule has 1 N–H and O–H groups in total. The van der Waals surface area contributed by atoms with Crippen LogP contribution in [-0.2, 0) is 17.8 Å². The van der Waals surface area contributed by atoms with Gasteiger partial charge >= 0.3 is 0 Å². The largest absolute Gasteiger partial charge is 0.497 e. The van der Waals surface area contributed by atoms with Crippen LogP contribution in [0.2, 0.25) is 0 Å². The van der Waals surface area contributed by atoms with Gasteiger partial charge in [-0.2, -0.15) is 0 Å². The van der Waals surface area contributed by atoms with E-state index in [1.165, 1.54) is 11.1 Å². The zero-order valence-electron chi connectivity index (χ0n) is 18.9. The van der Waals surface area contributed by atoms with Crippen LogP contribution in [0.15, 0.2) is 73.1 Å². The SMILES string of the molecule is CNC(=O)[C@]1(Cc2ccc(-c3ccc(OC)cc3)cc2)CCCN(Cc2ccncc2)C1. The summed E-state index contributed by atoms with van der Waals surface area (Å²) in [6.07, 6.45) is 6.32. The number of piperidine rings is 1. The number of aromatic nitrogens is 1. The molecule has 32 heavy (non-hydrogen) atoms. The van der Waals surface area contributed by atoms with E-state index in [0.717, 1.165) is 55.8 Å². The molecule has 1 saturated heterocycles. The zero-order valence-corrected chi connectivity index (χ0v) is 18.9. The lowest BCUT2D eigenvalue weighted by atomic mass is 9.74. The summed E-state index contributed by atoms with van der Waals surface area (Å²) in [5, 5.41) is 2.94. The molecule has 2 aromatic carbocycles. The molecule has 1 aromatic heterocycles. The maximum absolute atomic E-state index is 13.1. The third-order valence-corrected chi connectivity index (χ3v) is 6.44. The maximum Gasteiger partial charge on any atom is 0.227 e. The fraction of sp³-hybridized carbons (Fsp3) is 0.333. The lowest BCUT2D eigenvalue weighted by Gasteiger charge is -2.41. The van der Waals surface area contributed by atoms with E-state index < -0.39 is 5.41 Å². The van der Waals surface area contributed by atoms with E-state index in [4.69, 9.17) is 4.74 Å². The summed E-state index contributed by atoms with van der Waals surface area (Å²) in [4.78, 5) is 19.6. The summed E-state index contributed by atoms with van der Waals surface area (Å²) >= 11 is 0. The van der Waals surface area contributed by atoms with Crippen LogP contribution in [0.3, 0.4) is 0 Å². The number of amides is 1. The van der Waals surface area contributed by atoms with Gasteiger partial charge in [-0.15, -0.1) is 0 Å². The van der Waals surface area contributed by atoms with E-state index in [9.17, 15) is 4.79 Å². The molecule has 5 nitrogen and oxygen atoms in total. The van der Waals surface area contributed by atoms with Crippen LogP contribution in [0, 0.1) is 5.41 Å². The highest BCUT2D eigenvalue weighted by atomic mass is 16.5. The van der Waals surface area contributed by atoms with Crippen LogP contribution in [0.5, 0.6) is 5.75 Å². The lowest BCUT2D eigenvalue weighted by molar-refractivity contribution is -0.134. The van der Waals surface area contributed by atoms with Crippen molar-refractivity contribution in [1.29, 1.82) is 0 Å². The summed E-state index contributed by atoms with van der Waals surface area (Å²) in [6.45, 7) is 2.62. The van der Waals surface area contributed by atoms with Crippen LogP contribution in [0.25, 0.3) is 11.1 Å². The summed E-state index contributed by atoms with van der Waals surface area (Å²) < 4.78 is 5.25. The second kappa shape index (κ2) is 9.96. The molecule has 1 aliphatic heterocycles. The number of ether oxygens (including phenoxy) is 1. The molecular weight excluding hydrogens is 398 g/mol. The van der Waals surface area contributed by atoms with Gasteiger partial charge in [0.05, 0.1) is 12.5 Å². The number of hydrogen-bond acceptors (Lipinski definition) is 4. The molecule has 3 aromatic rings. The van der Waals surface area contributed by atoms with Crippen molar-refractivity contribution in [3.05, 3.63) is 84.2 Å². The Morgan fingerprint density at radius 3 is 2.28 bits per heavy atom. The van der Waals surface area contributed by atoms with E-state index >= 15 is 0 Å². The molecule has 0 saturated carbocycles. The second-order valence-electron chi connectivity index (χ2n) is 8.63. The van der Waals surface area contributed by atoms with Crippen LogP contribution >= 0.6 is 0 Å². The Labute approximate surface area is 190 Å². The predicted molar refractivity (Wildman–Crippen MR) is 127 cm³/mol. The first-order valence-electron chi connectivity index (χ1n) is 11.2. The highest BCUT2D eigenvalue weighted by Gasteiger charge is 2.41. The van der Waals surface area contributed by atoms with Gasteiger partial charge in [-0.1, -0.05) is 36.4 Å². The van der Waals surface area contributed by atoms with Crippen molar-refractivity contribution < 1.29 is 9.53 Å². The summed E-state index contributed by atoms with van der Waals surface area (Å²) in [6, 6.07) is 20.8. The summed E-state index contributed by atoms with van der Waals surface area (Å²) in [7, 11) is 3.42. The molecule has 4 rings (SSSR count). The highest BCUT2D eigenvalue weighted by Crippen LogP contribution is 2.35. The zero-order chi connectivity index (χ0) is 22.4. The number of benzene rings is 2. The number of methoxy groups -OCH3 is 1. The quantitative estimate of drug-likeness (QED) is 0.607. The van der Waals surface area contributed by atoms with Crippen LogP contribution in [-0.4, -0.2) is 43.0 Å². The van der Waals surface area contributed by atoms with Crippen molar-refractivity contribution >= 4 is 5.91 Å². The molecule has 0 unspecified atom stereocenters. The number of pyridine rings is 1. The minimum Gasteiger partial charge on any atom is -0.497 e. The Morgan fingerprint density at radius 2 is 1.66 bits per heavy atom. The highest BCUT2D eigenvalue weighted by molar-refractivity contribution is 5.83.